The molecule has 4 rings (SSSR count). The molecule has 13 heteroatoms. The van der Waals surface area contributed by atoms with E-state index in [2.05, 4.69) is 15.7 Å². The molecule has 1 aromatic carbocycles. The van der Waals surface area contributed by atoms with Crippen LogP contribution < -0.4 is 26.2 Å². The van der Waals surface area contributed by atoms with Gasteiger partial charge in [-0.2, -0.15) is 14.7 Å². The number of carbonyl (C=O) groups is 3. The van der Waals surface area contributed by atoms with Crippen molar-refractivity contribution < 1.29 is 28.7 Å². The highest BCUT2D eigenvalue weighted by molar-refractivity contribution is 6.05. The summed E-state index contributed by atoms with van der Waals surface area (Å²) < 4.78 is 12.4. The van der Waals surface area contributed by atoms with E-state index >= 15 is 0 Å². The van der Waals surface area contributed by atoms with Gasteiger partial charge in [0.15, 0.2) is 11.5 Å². The minimum absolute atomic E-state index is 0.0105. The number of ether oxygens (including phenoxy) is 2. The van der Waals surface area contributed by atoms with Gasteiger partial charge in [0.05, 0.1) is 18.4 Å². The summed E-state index contributed by atoms with van der Waals surface area (Å²) in [7, 11) is 0. The lowest BCUT2D eigenvalue weighted by Crippen LogP contribution is -2.42. The van der Waals surface area contributed by atoms with Crippen molar-refractivity contribution in [3.63, 3.8) is 0 Å². The van der Waals surface area contributed by atoms with Gasteiger partial charge in [-0.1, -0.05) is 0 Å². The maximum absolute atomic E-state index is 14.1. The third kappa shape index (κ3) is 8.41. The molecule has 45 heavy (non-hydrogen) atoms. The Morgan fingerprint density at radius 1 is 1.00 bits per heavy atom. The molecule has 0 spiro atoms. The van der Waals surface area contributed by atoms with E-state index < -0.39 is 29.1 Å². The van der Waals surface area contributed by atoms with Gasteiger partial charge in [0.25, 0.3) is 11.8 Å². The fourth-order valence-corrected chi connectivity index (χ4v) is 5.09. The minimum atomic E-state index is -0.782. The standard InChI is InChI=1S/C32H45N7O6/c1-9-43-23-16-10-20(11-17-23)29(41)39(45-32(6,7)8)28-19(2)26(37-27-24(25(33)40)18-34-38(27)28)35-21-12-14-22(15-13-21)36-30(42)44-31(3,4)5/h10-11,16-18,21-22H,9,12-15H2,1-8H3,(H2,33,40)(H,35,37)(H,36,42)/t21-,22-. The van der Waals surface area contributed by atoms with Crippen LogP contribution in [0.3, 0.4) is 0 Å². The number of hydrogen-bond acceptors (Lipinski definition) is 9. The number of rotatable bonds is 9. The number of alkyl carbamates (subject to hydrolysis) is 1. The Morgan fingerprint density at radius 2 is 1.62 bits per heavy atom. The molecular formula is C32H45N7O6. The van der Waals surface area contributed by atoms with Gasteiger partial charge < -0.3 is 25.8 Å². The number of aromatic nitrogens is 3. The van der Waals surface area contributed by atoms with Crippen LogP contribution in [0.5, 0.6) is 5.75 Å². The van der Waals surface area contributed by atoms with E-state index in [0.29, 0.717) is 29.3 Å². The average molecular weight is 624 g/mol. The number of fused-ring (bicyclic) bond motifs is 1. The van der Waals surface area contributed by atoms with Gasteiger partial charge in [0.1, 0.15) is 22.7 Å². The van der Waals surface area contributed by atoms with Gasteiger partial charge in [-0.3, -0.25) is 14.4 Å². The molecule has 4 N–H and O–H groups in total. The number of anilines is 2. The molecule has 244 valence electrons. The minimum Gasteiger partial charge on any atom is -0.494 e. The second kappa shape index (κ2) is 13.3. The fraction of sp³-hybridized carbons (Fsp3) is 0.531. The summed E-state index contributed by atoms with van der Waals surface area (Å²) in [5.41, 5.74) is 5.57. The van der Waals surface area contributed by atoms with Crippen LogP contribution in [-0.4, -0.2) is 62.4 Å². The molecule has 0 saturated heterocycles. The Morgan fingerprint density at radius 3 is 2.18 bits per heavy atom. The van der Waals surface area contributed by atoms with E-state index in [9.17, 15) is 14.4 Å². The molecule has 0 unspecified atom stereocenters. The molecular weight excluding hydrogens is 578 g/mol. The number of primary amides is 1. The van der Waals surface area contributed by atoms with E-state index in [0.717, 1.165) is 25.7 Å². The number of nitrogens with one attached hydrogen (secondary N) is 2. The molecule has 0 radical (unpaired) electrons. The lowest BCUT2D eigenvalue weighted by Gasteiger charge is -2.33. The summed E-state index contributed by atoms with van der Waals surface area (Å²) in [6.45, 7) is 15.2. The van der Waals surface area contributed by atoms with Crippen molar-refractivity contribution >= 4 is 35.2 Å². The van der Waals surface area contributed by atoms with Crippen molar-refractivity contribution in [3.8, 4) is 5.75 Å². The highest BCUT2D eigenvalue weighted by Gasteiger charge is 2.32. The van der Waals surface area contributed by atoms with Crippen LogP contribution >= 0.6 is 0 Å². The molecule has 0 atom stereocenters. The molecule has 1 fully saturated rings. The monoisotopic (exact) mass is 623 g/mol. The van der Waals surface area contributed by atoms with Crippen LogP contribution in [0.1, 0.15) is 100 Å². The summed E-state index contributed by atoms with van der Waals surface area (Å²) in [4.78, 5) is 49.8. The normalized spacial score (nSPS) is 17.1. The van der Waals surface area contributed by atoms with Gasteiger partial charge in [-0.15, -0.1) is 0 Å². The van der Waals surface area contributed by atoms with E-state index in [4.69, 9.17) is 25.0 Å². The van der Waals surface area contributed by atoms with E-state index in [1.807, 2.05) is 55.4 Å². The predicted octanol–water partition coefficient (Wildman–Crippen LogP) is 5.16. The Hall–Kier alpha value is -4.39. The maximum Gasteiger partial charge on any atom is 0.407 e. The molecule has 3 aromatic rings. The Labute approximate surface area is 263 Å². The average Bonchev–Trinajstić information content (AvgIpc) is 3.36. The number of benzene rings is 1. The zero-order chi connectivity index (χ0) is 33.1. The summed E-state index contributed by atoms with van der Waals surface area (Å²) in [6, 6.07) is 6.79. The van der Waals surface area contributed by atoms with Crippen LogP contribution in [0.4, 0.5) is 16.4 Å². The molecule has 1 aliphatic carbocycles. The van der Waals surface area contributed by atoms with E-state index in [1.54, 1.807) is 24.3 Å². The molecule has 3 amide bonds. The van der Waals surface area contributed by atoms with Crippen LogP contribution in [0, 0.1) is 6.92 Å². The summed E-state index contributed by atoms with van der Waals surface area (Å²) in [5, 5.41) is 12.1. The number of hydrogen-bond donors (Lipinski definition) is 3. The zero-order valence-corrected chi connectivity index (χ0v) is 27.4. The van der Waals surface area contributed by atoms with Crippen molar-refractivity contribution in [1.82, 2.24) is 19.9 Å². The van der Waals surface area contributed by atoms with Crippen molar-refractivity contribution in [1.29, 1.82) is 0 Å². The van der Waals surface area contributed by atoms with Gasteiger partial charge >= 0.3 is 6.09 Å². The van der Waals surface area contributed by atoms with Crippen molar-refractivity contribution in [2.45, 2.75) is 104 Å². The van der Waals surface area contributed by atoms with Crippen LogP contribution in [0.2, 0.25) is 0 Å². The molecule has 13 nitrogen and oxygen atoms in total. The largest absolute Gasteiger partial charge is 0.494 e. The Bertz CT molecular complexity index is 1530. The first-order valence-corrected chi connectivity index (χ1v) is 15.3. The quantitative estimate of drug-likeness (QED) is 0.273. The first-order valence-electron chi connectivity index (χ1n) is 15.3. The van der Waals surface area contributed by atoms with Gasteiger partial charge in [0, 0.05) is 23.2 Å². The number of carbonyl (C=O) groups excluding carboxylic acids is 3. The van der Waals surface area contributed by atoms with Crippen molar-refractivity contribution in [2.24, 2.45) is 5.73 Å². The zero-order valence-electron chi connectivity index (χ0n) is 27.4. The second-order valence-electron chi connectivity index (χ2n) is 13.2. The van der Waals surface area contributed by atoms with Crippen LogP contribution in [0.25, 0.3) is 5.65 Å². The van der Waals surface area contributed by atoms with Gasteiger partial charge in [-0.05, 0) is 105 Å². The first kappa shape index (κ1) is 33.5. The predicted molar refractivity (Wildman–Crippen MR) is 171 cm³/mol. The highest BCUT2D eigenvalue weighted by Crippen LogP contribution is 2.33. The first-order chi connectivity index (χ1) is 21.1. The molecule has 1 saturated carbocycles. The molecule has 1 aliphatic rings. The highest BCUT2D eigenvalue weighted by atomic mass is 16.7. The fourth-order valence-electron chi connectivity index (χ4n) is 5.09. The van der Waals surface area contributed by atoms with E-state index in [1.165, 1.54) is 15.8 Å². The molecule has 2 heterocycles. The molecule has 0 bridgehead atoms. The third-order valence-corrected chi connectivity index (χ3v) is 7.06. The summed E-state index contributed by atoms with van der Waals surface area (Å²) in [6.07, 6.45) is 3.87. The Balaban J connectivity index is 1.68. The molecule has 0 aliphatic heterocycles. The second-order valence-corrected chi connectivity index (χ2v) is 13.2. The number of amides is 3. The van der Waals surface area contributed by atoms with E-state index in [-0.39, 0.29) is 29.1 Å². The summed E-state index contributed by atoms with van der Waals surface area (Å²) in [5.74, 6) is 0.239. The van der Waals surface area contributed by atoms with Gasteiger partial charge in [-0.25, -0.2) is 9.78 Å². The lowest BCUT2D eigenvalue weighted by molar-refractivity contribution is -0.0173. The van der Waals surface area contributed by atoms with Crippen molar-refractivity contribution in [2.75, 3.05) is 17.0 Å². The summed E-state index contributed by atoms with van der Waals surface area (Å²) >= 11 is 0. The number of hydroxylamine groups is 1. The van der Waals surface area contributed by atoms with Gasteiger partial charge in [0.2, 0.25) is 0 Å². The third-order valence-electron chi connectivity index (χ3n) is 7.06. The smallest absolute Gasteiger partial charge is 0.407 e. The molecule has 2 aromatic heterocycles. The van der Waals surface area contributed by atoms with Crippen molar-refractivity contribution in [3.05, 3.63) is 47.2 Å². The topological polar surface area (TPSA) is 162 Å². The maximum atomic E-state index is 14.1. The van der Waals surface area contributed by atoms with Crippen LogP contribution in [-0.2, 0) is 9.57 Å². The Kier molecular flexibility index (Phi) is 9.91. The van der Waals surface area contributed by atoms with Crippen LogP contribution in [0.15, 0.2) is 30.5 Å². The SMILES string of the molecule is CCOc1ccc(C(=O)N(OC(C)(C)C)c2c(C)c(N[C@H]3CC[C@H](NC(=O)OC(C)(C)C)CC3)nc3c(C(N)=O)cnn23)cc1. The number of nitrogens with two attached hydrogens (primary N) is 1. The lowest BCUT2D eigenvalue weighted by atomic mass is 9.91. The number of nitrogens with zero attached hydrogens (tertiary/aromatic N) is 4.